The van der Waals surface area contributed by atoms with Gasteiger partial charge in [0.15, 0.2) is 0 Å². The normalized spacial score (nSPS) is 27.8. The number of benzene rings is 1. The molecule has 0 aliphatic heterocycles. The number of ether oxygens (including phenoxy) is 1. The summed E-state index contributed by atoms with van der Waals surface area (Å²) >= 11 is 0. The molecule has 1 saturated carbocycles. The van der Waals surface area contributed by atoms with Crippen LogP contribution in [0.5, 0.6) is 5.75 Å². The number of carbonyl (C=O) groups excluding carboxylic acids is 1. The number of hydrogen-bond donors (Lipinski definition) is 0. The number of allylic oxidation sites excluding steroid dienone is 2. The Morgan fingerprint density at radius 2 is 1.95 bits per heavy atom. The molecular formula is C19H22O2. The molecule has 2 nitrogen and oxygen atoms in total. The summed E-state index contributed by atoms with van der Waals surface area (Å²) in [6, 6.07) is 6.44. The van der Waals surface area contributed by atoms with Crippen molar-refractivity contribution >= 4 is 11.4 Å². The van der Waals surface area contributed by atoms with Crippen molar-refractivity contribution < 1.29 is 9.53 Å². The van der Waals surface area contributed by atoms with Crippen LogP contribution < -0.4 is 4.74 Å². The van der Waals surface area contributed by atoms with Crippen molar-refractivity contribution in [3.8, 4) is 5.75 Å². The van der Waals surface area contributed by atoms with Gasteiger partial charge in [-0.25, -0.2) is 0 Å². The van der Waals surface area contributed by atoms with Gasteiger partial charge in [-0.3, -0.25) is 4.79 Å². The average molecular weight is 282 g/mol. The molecule has 0 radical (unpaired) electrons. The van der Waals surface area contributed by atoms with E-state index in [9.17, 15) is 4.79 Å². The summed E-state index contributed by atoms with van der Waals surface area (Å²) in [5.41, 5.74) is 5.89. The molecule has 21 heavy (non-hydrogen) atoms. The summed E-state index contributed by atoms with van der Waals surface area (Å²) in [5.74, 6) is 2.35. The molecule has 2 heteroatoms. The Kier molecular flexibility index (Phi) is 3.13. The number of Topliss-reactive ketones (excluding diaryl/α,β-unsaturated/α-hetero) is 1. The minimum absolute atomic E-state index is 0.428. The van der Waals surface area contributed by atoms with Crippen LogP contribution in [-0.2, 0) is 11.2 Å². The monoisotopic (exact) mass is 282 g/mol. The number of methoxy groups -OCH3 is 1. The highest BCUT2D eigenvalue weighted by Crippen LogP contribution is 2.49. The van der Waals surface area contributed by atoms with Crippen molar-refractivity contribution in [3.63, 3.8) is 0 Å². The number of carbonyl (C=O) groups is 1. The van der Waals surface area contributed by atoms with Gasteiger partial charge in [0.25, 0.3) is 0 Å². The number of fused-ring (bicyclic) bond motifs is 4. The molecule has 0 spiro atoms. The van der Waals surface area contributed by atoms with Crippen molar-refractivity contribution in [1.82, 2.24) is 0 Å². The molecular weight excluding hydrogens is 260 g/mol. The lowest BCUT2D eigenvalue weighted by atomic mass is 9.79. The van der Waals surface area contributed by atoms with E-state index in [0.717, 1.165) is 25.0 Å². The number of hydrogen-bond acceptors (Lipinski definition) is 2. The second kappa shape index (κ2) is 5.01. The zero-order valence-electron chi connectivity index (χ0n) is 12.7. The van der Waals surface area contributed by atoms with Gasteiger partial charge in [0.1, 0.15) is 11.5 Å². The third-order valence-electron chi connectivity index (χ3n) is 5.52. The van der Waals surface area contributed by atoms with Gasteiger partial charge in [0.05, 0.1) is 7.11 Å². The maximum absolute atomic E-state index is 12.3. The fraction of sp³-hybridized carbons (Fsp3) is 0.526. The first-order valence-corrected chi connectivity index (χ1v) is 8.18. The minimum atomic E-state index is 0.428. The summed E-state index contributed by atoms with van der Waals surface area (Å²) < 4.78 is 5.42. The predicted molar refractivity (Wildman–Crippen MR) is 83.3 cm³/mol. The van der Waals surface area contributed by atoms with Gasteiger partial charge < -0.3 is 4.74 Å². The Hall–Kier alpha value is -1.57. The molecule has 2 atom stereocenters. The SMILES string of the molecule is COc1ccc2c(c1)C1=C3CCCC[C@@H]3CC(=O)C[C@@H]1C2. The summed E-state index contributed by atoms with van der Waals surface area (Å²) in [4.78, 5) is 12.3. The Bertz CT molecular complexity index is 626. The second-order valence-corrected chi connectivity index (χ2v) is 6.75. The van der Waals surface area contributed by atoms with Crippen LogP contribution in [0, 0.1) is 11.8 Å². The molecule has 1 aromatic rings. The van der Waals surface area contributed by atoms with Gasteiger partial charge in [0.2, 0.25) is 0 Å². The molecule has 1 fully saturated rings. The highest BCUT2D eigenvalue weighted by Gasteiger charge is 2.37. The highest BCUT2D eigenvalue weighted by molar-refractivity contribution is 5.88. The second-order valence-electron chi connectivity index (χ2n) is 6.75. The van der Waals surface area contributed by atoms with Crippen LogP contribution in [0.25, 0.3) is 5.57 Å². The molecule has 1 aromatic carbocycles. The minimum Gasteiger partial charge on any atom is -0.497 e. The van der Waals surface area contributed by atoms with Crippen LogP contribution in [-0.4, -0.2) is 12.9 Å². The quantitative estimate of drug-likeness (QED) is 0.772. The van der Waals surface area contributed by atoms with Crippen molar-refractivity contribution in [2.24, 2.45) is 11.8 Å². The topological polar surface area (TPSA) is 26.3 Å². The van der Waals surface area contributed by atoms with E-state index < -0.39 is 0 Å². The summed E-state index contributed by atoms with van der Waals surface area (Å²) in [5, 5.41) is 0. The first kappa shape index (κ1) is 13.1. The molecule has 3 aliphatic carbocycles. The molecule has 0 N–H and O–H groups in total. The van der Waals surface area contributed by atoms with E-state index in [4.69, 9.17) is 4.74 Å². The molecule has 4 rings (SSSR count). The van der Waals surface area contributed by atoms with Crippen LogP contribution in [0.4, 0.5) is 0 Å². The zero-order valence-corrected chi connectivity index (χ0v) is 12.7. The Labute approximate surface area is 126 Å². The fourth-order valence-corrected chi connectivity index (χ4v) is 4.61. The van der Waals surface area contributed by atoms with Gasteiger partial charge in [0, 0.05) is 12.8 Å². The van der Waals surface area contributed by atoms with Crippen LogP contribution in [0.15, 0.2) is 23.8 Å². The van der Waals surface area contributed by atoms with Gasteiger partial charge in [-0.2, -0.15) is 0 Å². The summed E-state index contributed by atoms with van der Waals surface area (Å²) in [6.07, 6.45) is 7.54. The van der Waals surface area contributed by atoms with E-state index in [0.29, 0.717) is 17.6 Å². The third kappa shape index (κ3) is 2.12. The van der Waals surface area contributed by atoms with Gasteiger partial charge in [-0.1, -0.05) is 18.1 Å². The van der Waals surface area contributed by atoms with E-state index in [1.165, 1.54) is 42.4 Å². The standard InChI is InChI=1S/C19H22O2/c1-21-16-7-6-13-8-14-10-15(20)9-12-4-2-3-5-17(12)19(14)18(13)11-16/h6-7,11-12,14H,2-5,8-10H2,1H3/t12-,14+/m1/s1. The summed E-state index contributed by atoms with van der Waals surface area (Å²) in [6.45, 7) is 0. The van der Waals surface area contributed by atoms with Crippen molar-refractivity contribution in [3.05, 3.63) is 34.9 Å². The lowest BCUT2D eigenvalue weighted by Crippen LogP contribution is -2.13. The number of ketones is 1. The average Bonchev–Trinajstić information content (AvgIpc) is 2.77. The smallest absolute Gasteiger partial charge is 0.134 e. The maximum Gasteiger partial charge on any atom is 0.134 e. The van der Waals surface area contributed by atoms with Crippen LogP contribution in [0.2, 0.25) is 0 Å². The number of rotatable bonds is 1. The molecule has 0 aromatic heterocycles. The zero-order chi connectivity index (χ0) is 14.4. The van der Waals surface area contributed by atoms with Crippen molar-refractivity contribution in [1.29, 1.82) is 0 Å². The highest BCUT2D eigenvalue weighted by atomic mass is 16.5. The maximum atomic E-state index is 12.3. The van der Waals surface area contributed by atoms with Gasteiger partial charge >= 0.3 is 0 Å². The van der Waals surface area contributed by atoms with Gasteiger partial charge in [-0.15, -0.1) is 0 Å². The lowest BCUT2D eigenvalue weighted by Gasteiger charge is -2.26. The molecule has 0 bridgehead atoms. The van der Waals surface area contributed by atoms with Crippen LogP contribution in [0.1, 0.15) is 49.7 Å². The van der Waals surface area contributed by atoms with Crippen LogP contribution >= 0.6 is 0 Å². The van der Waals surface area contributed by atoms with Gasteiger partial charge in [-0.05, 0) is 66.4 Å². The third-order valence-corrected chi connectivity index (χ3v) is 5.52. The molecule has 110 valence electrons. The predicted octanol–water partition coefficient (Wildman–Crippen LogP) is 4.17. The van der Waals surface area contributed by atoms with E-state index in [1.54, 1.807) is 12.7 Å². The van der Waals surface area contributed by atoms with E-state index in [1.807, 2.05) is 0 Å². The lowest BCUT2D eigenvalue weighted by molar-refractivity contribution is -0.120. The Morgan fingerprint density at radius 1 is 1.10 bits per heavy atom. The first-order valence-electron chi connectivity index (χ1n) is 8.18. The Balaban J connectivity index is 1.87. The molecule has 3 aliphatic rings. The molecule has 0 unspecified atom stereocenters. The van der Waals surface area contributed by atoms with E-state index in [-0.39, 0.29) is 0 Å². The van der Waals surface area contributed by atoms with E-state index in [2.05, 4.69) is 18.2 Å². The fourth-order valence-electron chi connectivity index (χ4n) is 4.61. The van der Waals surface area contributed by atoms with Crippen molar-refractivity contribution in [2.45, 2.75) is 44.9 Å². The first-order chi connectivity index (χ1) is 10.3. The van der Waals surface area contributed by atoms with Crippen LogP contribution in [0.3, 0.4) is 0 Å². The van der Waals surface area contributed by atoms with E-state index >= 15 is 0 Å². The van der Waals surface area contributed by atoms with Crippen molar-refractivity contribution in [2.75, 3.05) is 7.11 Å². The molecule has 0 heterocycles. The Morgan fingerprint density at radius 3 is 2.81 bits per heavy atom. The molecule has 0 amide bonds. The molecule has 0 saturated heterocycles. The largest absolute Gasteiger partial charge is 0.497 e. The summed E-state index contributed by atoms with van der Waals surface area (Å²) in [7, 11) is 1.73.